The quantitative estimate of drug-likeness (QED) is 0.241. The summed E-state index contributed by atoms with van der Waals surface area (Å²) in [5.41, 5.74) is 1.69. The second-order valence-corrected chi connectivity index (χ2v) is 11.2. The van der Waals surface area contributed by atoms with Crippen molar-refractivity contribution in [1.29, 1.82) is 0 Å². The highest BCUT2D eigenvalue weighted by Gasteiger charge is 2.33. The fourth-order valence-electron chi connectivity index (χ4n) is 4.16. The lowest BCUT2D eigenvalue weighted by molar-refractivity contribution is -0.384. The van der Waals surface area contributed by atoms with E-state index in [0.29, 0.717) is 13.0 Å². The first-order chi connectivity index (χ1) is 19.1. The number of hydrogen-bond donors (Lipinski definition) is 1. The van der Waals surface area contributed by atoms with Gasteiger partial charge in [-0.15, -0.1) is 0 Å². The van der Waals surface area contributed by atoms with Crippen LogP contribution in [-0.2, 0) is 26.2 Å². The summed E-state index contributed by atoms with van der Waals surface area (Å²) >= 11 is 0. The van der Waals surface area contributed by atoms with Gasteiger partial charge in [0, 0.05) is 25.2 Å². The minimum Gasteiger partial charge on any atom is -0.354 e. The van der Waals surface area contributed by atoms with Crippen LogP contribution in [0.1, 0.15) is 37.8 Å². The third-order valence-electron chi connectivity index (χ3n) is 6.37. The molecule has 11 heteroatoms. The maximum absolute atomic E-state index is 14.0. The van der Waals surface area contributed by atoms with Gasteiger partial charge in [-0.25, -0.2) is 8.42 Å². The molecule has 1 atom stereocenters. The van der Waals surface area contributed by atoms with Crippen LogP contribution >= 0.6 is 0 Å². The van der Waals surface area contributed by atoms with E-state index in [9.17, 15) is 28.1 Å². The van der Waals surface area contributed by atoms with E-state index < -0.39 is 33.4 Å². The van der Waals surface area contributed by atoms with E-state index in [2.05, 4.69) is 5.32 Å². The van der Waals surface area contributed by atoms with E-state index in [0.717, 1.165) is 21.9 Å². The van der Waals surface area contributed by atoms with Gasteiger partial charge in [-0.1, -0.05) is 61.9 Å². The number of hydrogen-bond acceptors (Lipinski definition) is 6. The average Bonchev–Trinajstić information content (AvgIpc) is 2.96. The molecule has 0 radical (unpaired) electrons. The van der Waals surface area contributed by atoms with Crippen LogP contribution in [0.4, 0.5) is 11.4 Å². The van der Waals surface area contributed by atoms with Crippen molar-refractivity contribution in [2.24, 2.45) is 0 Å². The number of nitro benzene ring substituents is 1. The molecule has 3 rings (SSSR count). The minimum absolute atomic E-state index is 0.0426. The van der Waals surface area contributed by atoms with Gasteiger partial charge in [-0.3, -0.25) is 24.0 Å². The molecule has 0 aliphatic heterocycles. The summed E-state index contributed by atoms with van der Waals surface area (Å²) in [6, 6.07) is 19.3. The van der Waals surface area contributed by atoms with Crippen LogP contribution in [0.3, 0.4) is 0 Å². The molecule has 3 aromatic rings. The summed E-state index contributed by atoms with van der Waals surface area (Å²) in [5, 5.41) is 14.0. The first-order valence-corrected chi connectivity index (χ1v) is 14.5. The summed E-state index contributed by atoms with van der Waals surface area (Å²) in [5.74, 6) is -0.908. The first kappa shape index (κ1) is 30.3. The van der Waals surface area contributed by atoms with Crippen LogP contribution in [0.2, 0.25) is 0 Å². The van der Waals surface area contributed by atoms with Gasteiger partial charge in [0.05, 0.1) is 15.5 Å². The summed E-state index contributed by atoms with van der Waals surface area (Å²) in [4.78, 5) is 39.0. The second-order valence-electron chi connectivity index (χ2n) is 9.32. The Hall–Kier alpha value is -4.25. The van der Waals surface area contributed by atoms with E-state index in [1.54, 1.807) is 25.1 Å². The Morgan fingerprint density at radius 1 is 0.950 bits per heavy atom. The van der Waals surface area contributed by atoms with Crippen molar-refractivity contribution in [3.8, 4) is 0 Å². The molecule has 0 aliphatic carbocycles. The van der Waals surface area contributed by atoms with Crippen LogP contribution in [0, 0.1) is 17.0 Å². The molecule has 0 heterocycles. The number of aryl methyl sites for hydroxylation is 1. The molecule has 0 saturated heterocycles. The van der Waals surface area contributed by atoms with Crippen molar-refractivity contribution in [3.05, 3.63) is 100 Å². The van der Waals surface area contributed by atoms with E-state index in [1.807, 2.05) is 38.1 Å². The Morgan fingerprint density at radius 2 is 1.57 bits per heavy atom. The fraction of sp³-hybridized carbons (Fsp3) is 0.310. The number of nitro groups is 1. The van der Waals surface area contributed by atoms with Crippen molar-refractivity contribution in [3.63, 3.8) is 0 Å². The molecule has 0 spiro atoms. The Bertz CT molecular complexity index is 1410. The second kappa shape index (κ2) is 13.7. The number of carbonyl (C=O) groups is 2. The summed E-state index contributed by atoms with van der Waals surface area (Å²) in [6.45, 7) is 5.58. The Balaban J connectivity index is 2.05. The van der Waals surface area contributed by atoms with Gasteiger partial charge in [-0.05, 0) is 49.6 Å². The number of sulfonamides is 1. The largest absolute Gasteiger partial charge is 0.354 e. The third-order valence-corrected chi connectivity index (χ3v) is 8.16. The molecular weight excluding hydrogens is 532 g/mol. The Kier molecular flexibility index (Phi) is 10.4. The molecule has 1 N–H and O–H groups in total. The van der Waals surface area contributed by atoms with Crippen molar-refractivity contribution in [1.82, 2.24) is 10.2 Å². The predicted molar refractivity (Wildman–Crippen MR) is 153 cm³/mol. The molecule has 10 nitrogen and oxygen atoms in total. The summed E-state index contributed by atoms with van der Waals surface area (Å²) in [7, 11) is -4.25. The van der Waals surface area contributed by atoms with Gasteiger partial charge >= 0.3 is 0 Å². The monoisotopic (exact) mass is 566 g/mol. The normalized spacial score (nSPS) is 11.9. The van der Waals surface area contributed by atoms with Gasteiger partial charge < -0.3 is 10.2 Å². The highest BCUT2D eigenvalue weighted by molar-refractivity contribution is 7.92. The number of rotatable bonds is 13. The number of benzene rings is 3. The highest BCUT2D eigenvalue weighted by atomic mass is 32.2. The zero-order valence-electron chi connectivity index (χ0n) is 22.8. The number of carbonyl (C=O) groups excluding carboxylic acids is 2. The zero-order valence-corrected chi connectivity index (χ0v) is 23.6. The van der Waals surface area contributed by atoms with E-state index in [1.165, 1.54) is 41.3 Å². The number of non-ortho nitro benzene ring substituents is 1. The van der Waals surface area contributed by atoms with Crippen molar-refractivity contribution >= 4 is 33.2 Å². The molecule has 0 aromatic heterocycles. The fourth-order valence-corrected chi connectivity index (χ4v) is 5.60. The third kappa shape index (κ3) is 7.44. The average molecular weight is 567 g/mol. The molecule has 0 saturated carbocycles. The van der Waals surface area contributed by atoms with Gasteiger partial charge in [0.25, 0.3) is 15.7 Å². The molecule has 0 bridgehead atoms. The van der Waals surface area contributed by atoms with Gasteiger partial charge in [0.15, 0.2) is 0 Å². The number of nitrogens with zero attached hydrogens (tertiary/aromatic N) is 3. The minimum atomic E-state index is -4.25. The Morgan fingerprint density at radius 3 is 2.12 bits per heavy atom. The molecule has 3 aromatic carbocycles. The van der Waals surface area contributed by atoms with E-state index in [-0.39, 0.29) is 28.7 Å². The van der Waals surface area contributed by atoms with Crippen LogP contribution in [0.15, 0.2) is 83.8 Å². The summed E-state index contributed by atoms with van der Waals surface area (Å²) < 4.78 is 28.4. The van der Waals surface area contributed by atoms with Crippen LogP contribution in [0.5, 0.6) is 0 Å². The SMILES string of the molecule is CCCNC(=O)[C@H](CC)N(Cc1ccc(C)cc1)C(=O)CN(c1ccc([N+](=O)[O-])cc1)S(=O)(=O)c1ccccc1. The number of amides is 2. The maximum Gasteiger partial charge on any atom is 0.269 e. The van der Waals surface area contributed by atoms with Gasteiger partial charge in [0.2, 0.25) is 11.8 Å². The number of anilines is 1. The van der Waals surface area contributed by atoms with Crippen molar-refractivity contribution in [2.45, 2.75) is 51.1 Å². The maximum atomic E-state index is 14.0. The molecule has 40 heavy (non-hydrogen) atoms. The molecular formula is C29H34N4O6S. The van der Waals surface area contributed by atoms with Crippen molar-refractivity contribution < 1.29 is 22.9 Å². The van der Waals surface area contributed by atoms with E-state index in [4.69, 9.17) is 0 Å². The molecule has 0 unspecified atom stereocenters. The Labute approximate surface area is 234 Å². The van der Waals surface area contributed by atoms with E-state index >= 15 is 0 Å². The van der Waals surface area contributed by atoms with Gasteiger partial charge in [-0.2, -0.15) is 0 Å². The van der Waals surface area contributed by atoms with Crippen LogP contribution in [-0.4, -0.2) is 49.2 Å². The number of nitrogens with one attached hydrogen (secondary N) is 1. The topological polar surface area (TPSA) is 130 Å². The predicted octanol–water partition coefficient (Wildman–Crippen LogP) is 4.43. The molecule has 212 valence electrons. The highest BCUT2D eigenvalue weighted by Crippen LogP contribution is 2.26. The van der Waals surface area contributed by atoms with Crippen LogP contribution in [0.25, 0.3) is 0 Å². The lowest BCUT2D eigenvalue weighted by Crippen LogP contribution is -2.52. The van der Waals surface area contributed by atoms with Gasteiger partial charge in [0.1, 0.15) is 12.6 Å². The standard InChI is InChI=1S/C29H34N4O6S/c1-4-19-30-29(35)27(5-2)31(20-23-13-11-22(3)12-14-23)28(34)21-32(24-15-17-25(18-16-24)33(36)37)40(38,39)26-9-7-6-8-10-26/h6-18,27H,4-5,19-21H2,1-3H3,(H,30,35)/t27-/m0/s1. The zero-order chi connectivity index (χ0) is 29.3. The smallest absolute Gasteiger partial charge is 0.269 e. The molecule has 0 fully saturated rings. The lowest BCUT2D eigenvalue weighted by Gasteiger charge is -2.33. The lowest BCUT2D eigenvalue weighted by atomic mass is 10.1. The van der Waals surface area contributed by atoms with Crippen molar-refractivity contribution in [2.75, 3.05) is 17.4 Å². The molecule has 0 aliphatic rings. The van der Waals surface area contributed by atoms with Crippen LogP contribution < -0.4 is 9.62 Å². The first-order valence-electron chi connectivity index (χ1n) is 13.0. The molecule has 2 amide bonds. The summed E-state index contributed by atoms with van der Waals surface area (Å²) in [6.07, 6.45) is 1.04.